The molecular weight excluding hydrogens is 380 g/mol. The van der Waals surface area contributed by atoms with E-state index in [1.807, 2.05) is 12.1 Å². The number of nitrogens with one attached hydrogen (secondary N) is 1. The molecule has 0 saturated heterocycles. The van der Waals surface area contributed by atoms with E-state index in [1.54, 1.807) is 19.1 Å². The van der Waals surface area contributed by atoms with Gasteiger partial charge in [-0.1, -0.05) is 18.2 Å². The highest BCUT2D eigenvalue weighted by molar-refractivity contribution is 6.00. The number of hydrogen-bond donors (Lipinski definition) is 1. The molecule has 0 spiro atoms. The van der Waals surface area contributed by atoms with Crippen molar-refractivity contribution in [2.24, 2.45) is 0 Å². The number of fused-ring (bicyclic) bond motifs is 1. The number of ether oxygens (including phenoxy) is 2. The number of esters is 1. The Kier molecular flexibility index (Phi) is 5.49. The van der Waals surface area contributed by atoms with Crippen LogP contribution in [0.5, 0.6) is 5.75 Å². The molecule has 0 saturated carbocycles. The Balaban J connectivity index is 1.75. The van der Waals surface area contributed by atoms with Crippen molar-refractivity contribution in [1.29, 1.82) is 0 Å². The quantitative estimate of drug-likeness (QED) is 0.380. The fraction of sp³-hybridized carbons (Fsp3) is 0.200. The highest BCUT2D eigenvalue weighted by Gasteiger charge is 2.25. The van der Waals surface area contributed by atoms with Crippen LogP contribution in [0.3, 0.4) is 0 Å². The van der Waals surface area contributed by atoms with Crippen molar-refractivity contribution < 1.29 is 28.4 Å². The summed E-state index contributed by atoms with van der Waals surface area (Å²) in [6, 6.07) is 10.9. The molecule has 1 aromatic heterocycles. The van der Waals surface area contributed by atoms with Crippen LogP contribution < -0.4 is 10.1 Å². The molecule has 1 amide bonds. The van der Waals surface area contributed by atoms with Crippen LogP contribution in [0.2, 0.25) is 0 Å². The summed E-state index contributed by atoms with van der Waals surface area (Å²) in [4.78, 5) is 35.3. The van der Waals surface area contributed by atoms with Crippen molar-refractivity contribution in [2.75, 3.05) is 12.4 Å². The number of non-ortho nitro benzene ring substituents is 1. The van der Waals surface area contributed by atoms with Crippen LogP contribution in [0.15, 0.2) is 46.9 Å². The molecule has 0 fully saturated rings. The van der Waals surface area contributed by atoms with Crippen LogP contribution in [0.1, 0.15) is 23.0 Å². The molecule has 3 rings (SSSR count). The van der Waals surface area contributed by atoms with E-state index in [0.717, 1.165) is 11.5 Å². The highest BCUT2D eigenvalue weighted by atomic mass is 16.6. The van der Waals surface area contributed by atoms with E-state index in [4.69, 9.17) is 13.9 Å². The first-order valence-corrected chi connectivity index (χ1v) is 8.64. The van der Waals surface area contributed by atoms with Gasteiger partial charge in [-0.25, -0.2) is 4.79 Å². The van der Waals surface area contributed by atoms with Gasteiger partial charge in [0.2, 0.25) is 5.76 Å². The minimum absolute atomic E-state index is 0.0128. The zero-order valence-electron chi connectivity index (χ0n) is 15.9. The number of carbonyl (C=O) groups is 2. The van der Waals surface area contributed by atoms with Gasteiger partial charge in [0.05, 0.1) is 17.7 Å². The third-order valence-electron chi connectivity index (χ3n) is 4.33. The van der Waals surface area contributed by atoms with Gasteiger partial charge in [-0.05, 0) is 26.0 Å². The van der Waals surface area contributed by atoms with Crippen LogP contribution in [0.4, 0.5) is 11.4 Å². The number of hydrogen-bond acceptors (Lipinski definition) is 7. The zero-order chi connectivity index (χ0) is 21.1. The van der Waals surface area contributed by atoms with Gasteiger partial charge in [-0.15, -0.1) is 0 Å². The summed E-state index contributed by atoms with van der Waals surface area (Å²) < 4.78 is 15.8. The summed E-state index contributed by atoms with van der Waals surface area (Å²) in [6.07, 6.45) is -1.18. The molecule has 0 unspecified atom stereocenters. The molecule has 1 heterocycles. The summed E-state index contributed by atoms with van der Waals surface area (Å²) in [5.41, 5.74) is 1.02. The number of nitro benzene ring substituents is 1. The molecule has 150 valence electrons. The average Bonchev–Trinajstić information content (AvgIpc) is 3.04. The predicted octanol–water partition coefficient (Wildman–Crippen LogP) is 3.84. The summed E-state index contributed by atoms with van der Waals surface area (Å²) in [5.74, 6) is -1.22. The maximum absolute atomic E-state index is 12.5. The van der Waals surface area contributed by atoms with Crippen LogP contribution in [-0.2, 0) is 9.53 Å². The van der Waals surface area contributed by atoms with E-state index in [9.17, 15) is 19.7 Å². The standard InChI is InChI=1S/C20H18N2O7/c1-11-14-6-4-5-7-16(14)29-18(11)20(24)28-12(2)19(23)21-15-10-13(22(25)26)8-9-17(15)27-3/h4-10,12H,1-3H3,(H,21,23)/t12-/m1/s1. The normalized spacial score (nSPS) is 11.7. The molecule has 0 radical (unpaired) electrons. The number of methoxy groups -OCH3 is 1. The lowest BCUT2D eigenvalue weighted by Crippen LogP contribution is -2.30. The van der Waals surface area contributed by atoms with E-state index < -0.39 is 22.9 Å². The SMILES string of the molecule is COc1ccc([N+](=O)[O-])cc1NC(=O)[C@@H](C)OC(=O)c1oc2ccccc2c1C. The Bertz CT molecular complexity index is 1100. The Labute approximate surface area is 165 Å². The molecule has 1 N–H and O–H groups in total. The second-order valence-electron chi connectivity index (χ2n) is 6.23. The molecule has 0 aliphatic heterocycles. The predicted molar refractivity (Wildman–Crippen MR) is 104 cm³/mol. The number of anilines is 1. The fourth-order valence-electron chi connectivity index (χ4n) is 2.78. The van der Waals surface area contributed by atoms with Gasteiger partial charge in [0.1, 0.15) is 11.3 Å². The maximum Gasteiger partial charge on any atom is 0.375 e. The average molecular weight is 398 g/mol. The first-order chi connectivity index (χ1) is 13.8. The van der Waals surface area contributed by atoms with Crippen LogP contribution in [0, 0.1) is 17.0 Å². The number of amides is 1. The Hall–Kier alpha value is -3.88. The van der Waals surface area contributed by atoms with E-state index in [2.05, 4.69) is 5.32 Å². The first kappa shape index (κ1) is 19.9. The van der Waals surface area contributed by atoms with Gasteiger partial charge >= 0.3 is 5.97 Å². The minimum atomic E-state index is -1.18. The number of nitro groups is 1. The summed E-state index contributed by atoms with van der Waals surface area (Å²) >= 11 is 0. The Morgan fingerprint density at radius 3 is 2.59 bits per heavy atom. The smallest absolute Gasteiger partial charge is 0.375 e. The monoisotopic (exact) mass is 398 g/mol. The lowest BCUT2D eigenvalue weighted by molar-refractivity contribution is -0.384. The number of aryl methyl sites for hydroxylation is 1. The highest BCUT2D eigenvalue weighted by Crippen LogP contribution is 2.29. The van der Waals surface area contributed by atoms with Gasteiger partial charge in [-0.2, -0.15) is 0 Å². The molecule has 3 aromatic rings. The van der Waals surface area contributed by atoms with Crippen LogP contribution in [-0.4, -0.2) is 30.0 Å². The first-order valence-electron chi connectivity index (χ1n) is 8.64. The van der Waals surface area contributed by atoms with E-state index in [0.29, 0.717) is 11.1 Å². The second kappa shape index (κ2) is 8.01. The number of carbonyl (C=O) groups excluding carboxylic acids is 2. The van der Waals surface area contributed by atoms with E-state index >= 15 is 0 Å². The van der Waals surface area contributed by atoms with Crippen LogP contribution in [0.25, 0.3) is 11.0 Å². The topological polar surface area (TPSA) is 121 Å². The molecular formula is C20H18N2O7. The van der Waals surface area contributed by atoms with Gasteiger partial charge in [0.15, 0.2) is 6.10 Å². The molecule has 0 aliphatic carbocycles. The van der Waals surface area contributed by atoms with Crippen molar-refractivity contribution in [3.63, 3.8) is 0 Å². The molecule has 0 bridgehead atoms. The van der Waals surface area contributed by atoms with Gasteiger partial charge in [-0.3, -0.25) is 14.9 Å². The fourth-order valence-corrected chi connectivity index (χ4v) is 2.78. The number of nitrogens with zero attached hydrogens (tertiary/aromatic N) is 1. The van der Waals surface area contributed by atoms with Crippen molar-refractivity contribution in [3.05, 3.63) is 63.9 Å². The van der Waals surface area contributed by atoms with Crippen molar-refractivity contribution in [1.82, 2.24) is 0 Å². The third-order valence-corrected chi connectivity index (χ3v) is 4.33. The van der Waals surface area contributed by atoms with Crippen molar-refractivity contribution in [2.45, 2.75) is 20.0 Å². The lowest BCUT2D eigenvalue weighted by atomic mass is 10.1. The third kappa shape index (κ3) is 4.03. The van der Waals surface area contributed by atoms with Crippen molar-refractivity contribution >= 4 is 34.2 Å². The molecule has 9 nitrogen and oxygen atoms in total. The zero-order valence-corrected chi connectivity index (χ0v) is 15.9. The maximum atomic E-state index is 12.5. The molecule has 0 aliphatic rings. The summed E-state index contributed by atoms with van der Waals surface area (Å²) in [7, 11) is 1.37. The van der Waals surface area contributed by atoms with Gasteiger partial charge in [0, 0.05) is 23.1 Å². The molecule has 2 aromatic carbocycles. The number of rotatable bonds is 6. The minimum Gasteiger partial charge on any atom is -0.495 e. The largest absolute Gasteiger partial charge is 0.495 e. The summed E-state index contributed by atoms with van der Waals surface area (Å²) in [6.45, 7) is 3.11. The number of benzene rings is 2. The van der Waals surface area contributed by atoms with E-state index in [-0.39, 0.29) is 22.9 Å². The Morgan fingerprint density at radius 1 is 1.21 bits per heavy atom. The van der Waals surface area contributed by atoms with Gasteiger partial charge < -0.3 is 19.2 Å². The lowest BCUT2D eigenvalue weighted by Gasteiger charge is -2.14. The Morgan fingerprint density at radius 2 is 1.93 bits per heavy atom. The number of para-hydroxylation sites is 1. The van der Waals surface area contributed by atoms with E-state index in [1.165, 1.54) is 26.2 Å². The molecule has 9 heteroatoms. The van der Waals surface area contributed by atoms with Gasteiger partial charge in [0.25, 0.3) is 11.6 Å². The molecule has 29 heavy (non-hydrogen) atoms. The van der Waals surface area contributed by atoms with Crippen LogP contribution >= 0.6 is 0 Å². The van der Waals surface area contributed by atoms with Crippen molar-refractivity contribution in [3.8, 4) is 5.75 Å². The summed E-state index contributed by atoms with van der Waals surface area (Å²) in [5, 5.41) is 14.2. The number of furan rings is 1. The molecule has 1 atom stereocenters. The second-order valence-corrected chi connectivity index (χ2v) is 6.23.